The van der Waals surface area contributed by atoms with E-state index in [0.717, 1.165) is 31.1 Å². The number of halogens is 1. The second-order valence-corrected chi connectivity index (χ2v) is 5.83. The highest BCUT2D eigenvalue weighted by atomic mass is 35.5. The van der Waals surface area contributed by atoms with Crippen LogP contribution in [0.1, 0.15) is 0 Å². The number of amides is 1. The van der Waals surface area contributed by atoms with Crippen molar-refractivity contribution in [3.63, 3.8) is 0 Å². The molecule has 1 amide bonds. The predicted octanol–water partition coefficient (Wildman–Crippen LogP) is 2.21. The first kappa shape index (κ1) is 13.7. The van der Waals surface area contributed by atoms with E-state index in [1.807, 2.05) is 29.2 Å². The van der Waals surface area contributed by atoms with Crippen LogP contribution in [0, 0.1) is 0 Å². The summed E-state index contributed by atoms with van der Waals surface area (Å²) < 4.78 is 0. The first-order valence-corrected chi connectivity index (χ1v) is 7.37. The van der Waals surface area contributed by atoms with Gasteiger partial charge in [-0.3, -0.25) is 4.79 Å². The topological polar surface area (TPSA) is 23.6 Å². The normalized spacial score (nSPS) is 16.9. The number of hydrogen-bond donors (Lipinski definition) is 0. The molecule has 2 rings (SSSR count). The van der Waals surface area contributed by atoms with Crippen molar-refractivity contribution < 1.29 is 4.79 Å². The Morgan fingerprint density at radius 3 is 2.61 bits per heavy atom. The van der Waals surface area contributed by atoms with Crippen LogP contribution >= 0.6 is 23.4 Å². The number of thioether (sulfide) groups is 1. The highest BCUT2D eigenvalue weighted by Gasteiger charge is 2.19. The quantitative estimate of drug-likeness (QED) is 0.795. The van der Waals surface area contributed by atoms with Crippen molar-refractivity contribution in [1.29, 1.82) is 0 Å². The van der Waals surface area contributed by atoms with Crippen LogP contribution in [0.3, 0.4) is 0 Å². The summed E-state index contributed by atoms with van der Waals surface area (Å²) in [5, 5.41) is 0.716. The summed E-state index contributed by atoms with van der Waals surface area (Å²) in [6.07, 6.45) is 0. The largest absolute Gasteiger partial charge is 0.339 e. The van der Waals surface area contributed by atoms with Crippen molar-refractivity contribution in [3.8, 4) is 0 Å². The fourth-order valence-electron chi connectivity index (χ4n) is 1.85. The number of carbonyl (C=O) groups is 1. The van der Waals surface area contributed by atoms with E-state index in [1.54, 1.807) is 0 Å². The fourth-order valence-corrected chi connectivity index (χ4v) is 2.99. The first-order chi connectivity index (χ1) is 8.66. The molecule has 1 saturated heterocycles. The lowest BCUT2D eigenvalue weighted by molar-refractivity contribution is -0.129. The minimum atomic E-state index is 0.202. The second kappa shape index (κ2) is 6.45. The molecular formula is C13H17ClN2OS. The number of benzene rings is 1. The SMILES string of the molecule is CN1CCN(C(=O)CSc2ccccc2Cl)CC1. The zero-order valence-electron chi connectivity index (χ0n) is 10.4. The molecular weight excluding hydrogens is 268 g/mol. The average molecular weight is 285 g/mol. The van der Waals surface area contributed by atoms with E-state index in [9.17, 15) is 4.79 Å². The average Bonchev–Trinajstić information content (AvgIpc) is 2.38. The minimum Gasteiger partial charge on any atom is -0.339 e. The molecule has 0 saturated carbocycles. The molecule has 0 N–H and O–H groups in total. The Bertz CT molecular complexity index is 419. The van der Waals surface area contributed by atoms with Gasteiger partial charge in [0.25, 0.3) is 0 Å². The molecule has 5 heteroatoms. The second-order valence-electron chi connectivity index (χ2n) is 4.40. The summed E-state index contributed by atoms with van der Waals surface area (Å²) in [6, 6.07) is 7.64. The van der Waals surface area contributed by atoms with E-state index in [2.05, 4.69) is 11.9 Å². The van der Waals surface area contributed by atoms with E-state index in [-0.39, 0.29) is 5.91 Å². The van der Waals surface area contributed by atoms with Gasteiger partial charge in [0.2, 0.25) is 5.91 Å². The molecule has 1 fully saturated rings. The molecule has 0 bridgehead atoms. The summed E-state index contributed by atoms with van der Waals surface area (Å²) in [4.78, 5) is 17.2. The molecule has 0 aliphatic carbocycles. The Balaban J connectivity index is 1.83. The maximum absolute atomic E-state index is 12.0. The zero-order chi connectivity index (χ0) is 13.0. The van der Waals surface area contributed by atoms with Crippen molar-refractivity contribution in [2.24, 2.45) is 0 Å². The summed E-state index contributed by atoms with van der Waals surface area (Å²) in [7, 11) is 2.08. The van der Waals surface area contributed by atoms with E-state index in [1.165, 1.54) is 11.8 Å². The van der Waals surface area contributed by atoms with Gasteiger partial charge in [-0.2, -0.15) is 0 Å². The molecule has 0 unspecified atom stereocenters. The van der Waals surface area contributed by atoms with Gasteiger partial charge in [-0.1, -0.05) is 23.7 Å². The van der Waals surface area contributed by atoms with Gasteiger partial charge in [0.15, 0.2) is 0 Å². The maximum atomic E-state index is 12.0. The van der Waals surface area contributed by atoms with Gasteiger partial charge in [-0.15, -0.1) is 11.8 Å². The Morgan fingerprint density at radius 1 is 1.28 bits per heavy atom. The number of rotatable bonds is 3. The van der Waals surface area contributed by atoms with Gasteiger partial charge >= 0.3 is 0 Å². The maximum Gasteiger partial charge on any atom is 0.233 e. The Morgan fingerprint density at radius 2 is 1.94 bits per heavy atom. The third kappa shape index (κ3) is 3.64. The van der Waals surface area contributed by atoms with Crippen molar-refractivity contribution in [2.75, 3.05) is 39.0 Å². The lowest BCUT2D eigenvalue weighted by Gasteiger charge is -2.32. The van der Waals surface area contributed by atoms with E-state index in [4.69, 9.17) is 11.6 Å². The van der Waals surface area contributed by atoms with Gasteiger partial charge in [-0.25, -0.2) is 0 Å². The van der Waals surface area contributed by atoms with E-state index < -0.39 is 0 Å². The lowest BCUT2D eigenvalue weighted by Crippen LogP contribution is -2.47. The van der Waals surface area contributed by atoms with Crippen LogP contribution in [-0.4, -0.2) is 54.7 Å². The van der Waals surface area contributed by atoms with E-state index >= 15 is 0 Å². The summed E-state index contributed by atoms with van der Waals surface area (Å²) >= 11 is 7.57. The van der Waals surface area contributed by atoms with Gasteiger partial charge < -0.3 is 9.80 Å². The monoisotopic (exact) mass is 284 g/mol. The summed E-state index contributed by atoms with van der Waals surface area (Å²) in [6.45, 7) is 3.59. The van der Waals surface area contributed by atoms with Gasteiger partial charge in [0.1, 0.15) is 0 Å². The molecule has 18 heavy (non-hydrogen) atoms. The van der Waals surface area contributed by atoms with Crippen LogP contribution in [-0.2, 0) is 4.79 Å². The summed E-state index contributed by atoms with van der Waals surface area (Å²) in [5.74, 6) is 0.668. The molecule has 3 nitrogen and oxygen atoms in total. The number of likely N-dealkylation sites (N-methyl/N-ethyl adjacent to an activating group) is 1. The summed E-state index contributed by atoms with van der Waals surface area (Å²) in [5.41, 5.74) is 0. The molecule has 1 aliphatic heterocycles. The van der Waals surface area contributed by atoms with Crippen molar-refractivity contribution in [1.82, 2.24) is 9.80 Å². The third-order valence-electron chi connectivity index (χ3n) is 3.04. The van der Waals surface area contributed by atoms with Crippen molar-refractivity contribution in [3.05, 3.63) is 29.3 Å². The number of hydrogen-bond acceptors (Lipinski definition) is 3. The Labute approximate surface area is 117 Å². The molecule has 0 atom stereocenters. The van der Waals surface area contributed by atoms with Crippen LogP contribution in [0.2, 0.25) is 5.02 Å². The Kier molecular flexibility index (Phi) is 4.92. The van der Waals surface area contributed by atoms with Crippen LogP contribution in [0.5, 0.6) is 0 Å². The first-order valence-electron chi connectivity index (χ1n) is 6.00. The molecule has 1 aliphatic rings. The number of piperazine rings is 1. The van der Waals surface area contributed by atoms with E-state index in [0.29, 0.717) is 10.8 Å². The molecule has 1 aromatic rings. The highest BCUT2D eigenvalue weighted by molar-refractivity contribution is 8.00. The number of nitrogens with zero attached hydrogens (tertiary/aromatic N) is 2. The van der Waals surface area contributed by atoms with Crippen molar-refractivity contribution in [2.45, 2.75) is 4.90 Å². The van der Waals surface area contributed by atoms with Crippen LogP contribution < -0.4 is 0 Å². The highest BCUT2D eigenvalue weighted by Crippen LogP contribution is 2.26. The smallest absolute Gasteiger partial charge is 0.233 e. The molecule has 98 valence electrons. The lowest BCUT2D eigenvalue weighted by atomic mass is 10.3. The van der Waals surface area contributed by atoms with Crippen LogP contribution in [0.15, 0.2) is 29.2 Å². The minimum absolute atomic E-state index is 0.202. The molecule has 0 radical (unpaired) electrons. The van der Waals surface area contributed by atoms with Gasteiger partial charge in [0, 0.05) is 31.1 Å². The molecule has 0 spiro atoms. The predicted molar refractivity (Wildman–Crippen MR) is 76.3 cm³/mol. The van der Waals surface area contributed by atoms with Crippen LogP contribution in [0.25, 0.3) is 0 Å². The molecule has 0 aromatic heterocycles. The van der Waals surface area contributed by atoms with Gasteiger partial charge in [0.05, 0.1) is 10.8 Å². The fraction of sp³-hybridized carbons (Fsp3) is 0.462. The number of carbonyl (C=O) groups excluding carboxylic acids is 1. The third-order valence-corrected chi connectivity index (χ3v) is 4.54. The zero-order valence-corrected chi connectivity index (χ0v) is 12.0. The van der Waals surface area contributed by atoms with Gasteiger partial charge in [-0.05, 0) is 19.2 Å². The Hall–Kier alpha value is -0.710. The van der Waals surface area contributed by atoms with Crippen molar-refractivity contribution >= 4 is 29.3 Å². The standard InChI is InChI=1S/C13H17ClN2OS/c1-15-6-8-16(9-7-15)13(17)10-18-12-5-3-2-4-11(12)14/h2-5H,6-10H2,1H3. The molecule has 1 heterocycles. The molecule has 1 aromatic carbocycles. The van der Waals surface area contributed by atoms with Crippen LogP contribution in [0.4, 0.5) is 0 Å².